The third-order valence-corrected chi connectivity index (χ3v) is 7.24. The minimum atomic E-state index is -2.85. The van der Waals surface area contributed by atoms with Gasteiger partial charge in [-0.15, -0.1) is 0 Å². The lowest BCUT2D eigenvalue weighted by Crippen LogP contribution is -2.38. The number of aromatic nitrogens is 1. The molecule has 0 saturated carbocycles. The van der Waals surface area contributed by atoms with Crippen LogP contribution in [0.2, 0.25) is 0 Å². The molecule has 0 radical (unpaired) electrons. The van der Waals surface area contributed by atoms with E-state index < -0.39 is 61.8 Å². The molecular weight excluding hydrogens is 581 g/mol. The van der Waals surface area contributed by atoms with Crippen molar-refractivity contribution in [1.82, 2.24) is 14.8 Å². The maximum atomic E-state index is 14.2. The Morgan fingerprint density at radius 1 is 1.29 bits per heavy atom. The highest BCUT2D eigenvalue weighted by Crippen LogP contribution is 2.31. The first-order chi connectivity index (χ1) is 20.0. The van der Waals surface area contributed by atoms with Gasteiger partial charge in [-0.3, -0.25) is 18.9 Å². The Hall–Kier alpha value is -3.49. The van der Waals surface area contributed by atoms with Gasteiger partial charge in [0.05, 0.1) is 13.2 Å². The first kappa shape index (κ1) is 33.0. The predicted octanol–water partition coefficient (Wildman–Crippen LogP) is 2.45. The fourth-order valence-electron chi connectivity index (χ4n) is 4.36. The van der Waals surface area contributed by atoms with Gasteiger partial charge in [0.1, 0.15) is 29.0 Å². The molecule has 2 heterocycles. The van der Waals surface area contributed by atoms with Gasteiger partial charge in [-0.1, -0.05) is 11.2 Å². The Balaban J connectivity index is 2.11. The van der Waals surface area contributed by atoms with Crippen LogP contribution in [0.15, 0.2) is 34.3 Å². The monoisotopic (exact) mass is 614 g/mol. The molecule has 1 aliphatic heterocycles. The number of carbonyl (C=O) groups excluding carboxylic acids is 2. The summed E-state index contributed by atoms with van der Waals surface area (Å²) < 4.78 is 43.8. The number of likely N-dealkylation sites (N-methyl/N-ethyl adjacent to an activating group) is 1. The summed E-state index contributed by atoms with van der Waals surface area (Å²) in [5.74, 6) is -2.96. The first-order valence-corrected chi connectivity index (χ1v) is 14.0. The highest BCUT2D eigenvalue weighted by atomic mass is 31.2. The Bertz CT molecular complexity index is 1360. The number of benzene rings is 1. The highest BCUT2D eigenvalue weighted by Gasteiger charge is 2.35. The molecule has 3 rings (SSSR count). The van der Waals surface area contributed by atoms with Crippen molar-refractivity contribution >= 4 is 26.7 Å². The van der Waals surface area contributed by atoms with Crippen molar-refractivity contribution in [1.29, 1.82) is 0 Å². The fourth-order valence-corrected chi connectivity index (χ4v) is 4.51. The number of hydrogen-bond donors (Lipinski definition) is 3. The SMILES string of the molecule is CO/C(C)=N/OC1CCC(C)N(C)CC1n1cc(C(=O)NCc2ccc(F)cc2F)c(=O)c(OCOP(O)O)c1C=O. The fraction of sp³-hybridized carbons (Fsp3) is 0.462. The van der Waals surface area contributed by atoms with Crippen molar-refractivity contribution in [2.75, 3.05) is 27.5 Å². The number of nitrogens with one attached hydrogen (secondary N) is 1. The Morgan fingerprint density at radius 3 is 2.67 bits per heavy atom. The number of aldehydes is 1. The number of pyridine rings is 1. The quantitative estimate of drug-likeness (QED) is 0.0857. The van der Waals surface area contributed by atoms with E-state index in [-0.39, 0.29) is 29.7 Å². The van der Waals surface area contributed by atoms with Crippen molar-refractivity contribution in [3.8, 4) is 5.75 Å². The lowest BCUT2D eigenvalue weighted by atomic mass is 10.0. The van der Waals surface area contributed by atoms with Crippen LogP contribution in [0, 0.1) is 11.6 Å². The van der Waals surface area contributed by atoms with Crippen molar-refractivity contribution in [3.05, 3.63) is 63.1 Å². The summed E-state index contributed by atoms with van der Waals surface area (Å²) in [4.78, 5) is 65.1. The summed E-state index contributed by atoms with van der Waals surface area (Å²) in [6.07, 6.45) is 2.06. The molecule has 3 atom stereocenters. The second-order valence-corrected chi connectivity index (χ2v) is 10.3. The van der Waals surface area contributed by atoms with E-state index in [1.807, 2.05) is 18.9 Å². The zero-order valence-electron chi connectivity index (χ0n) is 23.5. The van der Waals surface area contributed by atoms with Crippen LogP contribution < -0.4 is 15.5 Å². The Labute approximate surface area is 241 Å². The average molecular weight is 615 g/mol. The number of likely N-dealkylation sites (tertiary alicyclic amines) is 1. The molecule has 13 nitrogen and oxygen atoms in total. The zero-order valence-corrected chi connectivity index (χ0v) is 24.3. The van der Waals surface area contributed by atoms with Crippen molar-refractivity contribution in [2.24, 2.45) is 5.16 Å². The minimum Gasteiger partial charge on any atom is -0.482 e. The highest BCUT2D eigenvalue weighted by molar-refractivity contribution is 7.39. The van der Waals surface area contributed by atoms with E-state index in [9.17, 15) is 23.2 Å². The number of nitrogens with zero attached hydrogens (tertiary/aromatic N) is 3. The van der Waals surface area contributed by atoms with Crippen LogP contribution in [-0.4, -0.2) is 77.0 Å². The van der Waals surface area contributed by atoms with Gasteiger partial charge in [0.2, 0.25) is 11.3 Å². The van der Waals surface area contributed by atoms with E-state index in [2.05, 4.69) is 15.0 Å². The topological polar surface area (TPSA) is 161 Å². The molecule has 0 spiro atoms. The van der Waals surface area contributed by atoms with Crippen molar-refractivity contribution in [2.45, 2.75) is 51.4 Å². The second kappa shape index (κ2) is 15.1. The lowest BCUT2D eigenvalue weighted by molar-refractivity contribution is 0.0106. The summed E-state index contributed by atoms with van der Waals surface area (Å²) in [5.41, 5.74) is -1.77. The van der Waals surface area contributed by atoms with Crippen LogP contribution in [0.3, 0.4) is 0 Å². The summed E-state index contributed by atoms with van der Waals surface area (Å²) in [5, 5.41) is 6.43. The predicted molar refractivity (Wildman–Crippen MR) is 147 cm³/mol. The van der Waals surface area contributed by atoms with E-state index in [1.54, 1.807) is 6.92 Å². The maximum Gasteiger partial charge on any atom is 0.330 e. The summed E-state index contributed by atoms with van der Waals surface area (Å²) in [6.45, 7) is 2.70. The molecule has 3 N–H and O–H groups in total. The number of amides is 1. The second-order valence-electron chi connectivity index (χ2n) is 9.57. The van der Waals surface area contributed by atoms with Gasteiger partial charge in [0.25, 0.3) is 5.91 Å². The average Bonchev–Trinajstić information content (AvgIpc) is 3.09. The first-order valence-electron chi connectivity index (χ1n) is 12.8. The van der Waals surface area contributed by atoms with Gasteiger partial charge in [-0.05, 0) is 32.9 Å². The molecular formula is C26H33F2N4O9P. The minimum absolute atomic E-state index is 0.0297. The van der Waals surface area contributed by atoms with Gasteiger partial charge in [-0.2, -0.15) is 0 Å². The van der Waals surface area contributed by atoms with Crippen LogP contribution in [0.25, 0.3) is 0 Å². The molecule has 3 unspecified atom stereocenters. The van der Waals surface area contributed by atoms with Gasteiger partial charge >= 0.3 is 8.60 Å². The van der Waals surface area contributed by atoms with Gasteiger partial charge in [0.15, 0.2) is 18.8 Å². The Morgan fingerprint density at radius 2 is 2.02 bits per heavy atom. The molecule has 1 fully saturated rings. The number of rotatable bonds is 11. The Kier molecular flexibility index (Phi) is 11.9. The van der Waals surface area contributed by atoms with E-state index in [1.165, 1.54) is 17.9 Å². The van der Waals surface area contributed by atoms with Crippen molar-refractivity contribution in [3.63, 3.8) is 0 Å². The van der Waals surface area contributed by atoms with Crippen LogP contribution in [-0.2, 0) is 20.6 Å². The smallest absolute Gasteiger partial charge is 0.330 e. The summed E-state index contributed by atoms with van der Waals surface area (Å²) in [7, 11) is 0.444. The summed E-state index contributed by atoms with van der Waals surface area (Å²) >= 11 is 0. The third kappa shape index (κ3) is 8.29. The molecule has 0 aliphatic carbocycles. The molecule has 1 aliphatic rings. The zero-order chi connectivity index (χ0) is 31.0. The molecule has 1 amide bonds. The maximum absolute atomic E-state index is 14.2. The number of carbonyl (C=O) groups is 2. The normalized spacial score (nSPS) is 19.7. The third-order valence-electron chi connectivity index (χ3n) is 6.91. The van der Waals surface area contributed by atoms with Gasteiger partial charge < -0.3 is 38.9 Å². The number of halogens is 2. The molecule has 1 aromatic carbocycles. The van der Waals surface area contributed by atoms with Crippen molar-refractivity contribution < 1.29 is 47.0 Å². The lowest BCUT2D eigenvalue weighted by Gasteiger charge is -2.31. The van der Waals surface area contributed by atoms with Crippen LogP contribution in [0.1, 0.15) is 59.1 Å². The molecule has 16 heteroatoms. The number of ether oxygens (including phenoxy) is 2. The molecule has 42 heavy (non-hydrogen) atoms. The molecule has 1 aromatic heterocycles. The van der Waals surface area contributed by atoms with E-state index in [4.69, 9.17) is 24.1 Å². The molecule has 0 bridgehead atoms. The van der Waals surface area contributed by atoms with Crippen LogP contribution in [0.4, 0.5) is 8.78 Å². The van der Waals surface area contributed by atoms with E-state index in [0.29, 0.717) is 31.7 Å². The van der Waals surface area contributed by atoms with E-state index in [0.717, 1.165) is 12.1 Å². The summed E-state index contributed by atoms with van der Waals surface area (Å²) in [6, 6.07) is 2.26. The van der Waals surface area contributed by atoms with Crippen LogP contribution >= 0.6 is 8.60 Å². The van der Waals surface area contributed by atoms with Gasteiger partial charge in [0, 0.05) is 43.9 Å². The molecule has 1 saturated heterocycles. The van der Waals surface area contributed by atoms with Crippen LogP contribution in [0.5, 0.6) is 5.75 Å². The standard InChI is InChI=1S/C26H33F2N4O9P/c1-15-5-8-23(41-30-16(2)38-4)21(12-31(15)3)32-11-19(24(34)25(22(32)13-33)39-14-40-42(36)37)26(35)29-10-17-6-7-18(27)9-20(17)28/h6-7,9,11,13,15,21,23,36-37H,5,8,10,12,14H2,1-4H3,(H,29,35)/b30-16+. The molecule has 2 aromatic rings. The van der Waals surface area contributed by atoms with E-state index >= 15 is 0 Å². The number of hydrogen-bond acceptors (Lipinski definition) is 11. The largest absolute Gasteiger partial charge is 0.482 e. The number of oxime groups is 1. The molecule has 230 valence electrons. The number of methoxy groups -OCH3 is 1. The van der Waals surface area contributed by atoms with Gasteiger partial charge in [-0.25, -0.2) is 8.78 Å².